The summed E-state index contributed by atoms with van der Waals surface area (Å²) in [5.41, 5.74) is 1.01. The topological polar surface area (TPSA) is 62.9 Å². The molecular formula is C22H23NO4. The van der Waals surface area contributed by atoms with Crippen molar-refractivity contribution in [3.05, 3.63) is 58.8 Å². The maximum atomic E-state index is 12.4. The fraction of sp³-hybridized carbons (Fsp3) is 0.318. The lowest BCUT2D eigenvalue weighted by atomic mass is 9.99. The largest absolute Gasteiger partial charge is 0.508 e. The van der Waals surface area contributed by atoms with E-state index in [1.54, 1.807) is 6.07 Å². The van der Waals surface area contributed by atoms with E-state index in [9.17, 15) is 9.90 Å². The minimum atomic E-state index is -0.136. The minimum absolute atomic E-state index is 0.0670. The summed E-state index contributed by atoms with van der Waals surface area (Å²) in [6.07, 6.45) is 2.40. The molecular weight excluding hydrogens is 342 g/mol. The van der Waals surface area contributed by atoms with Crippen molar-refractivity contribution in [2.45, 2.75) is 12.8 Å². The zero-order chi connectivity index (χ0) is 18.8. The Balaban J connectivity index is 1.57. The van der Waals surface area contributed by atoms with Crippen molar-refractivity contribution in [3.63, 3.8) is 0 Å². The Hall–Kier alpha value is -2.79. The predicted octanol–water partition coefficient (Wildman–Crippen LogP) is 3.89. The number of phenolic OH excluding ortho intramolecular Hbond substituents is 1. The summed E-state index contributed by atoms with van der Waals surface area (Å²) >= 11 is 0. The molecule has 1 aliphatic heterocycles. The number of rotatable bonds is 4. The number of benzene rings is 2. The molecule has 0 spiro atoms. The molecule has 5 nitrogen and oxygen atoms in total. The van der Waals surface area contributed by atoms with Gasteiger partial charge in [0.2, 0.25) is 0 Å². The Morgan fingerprint density at radius 1 is 1.22 bits per heavy atom. The van der Waals surface area contributed by atoms with Crippen LogP contribution in [0.25, 0.3) is 22.3 Å². The van der Waals surface area contributed by atoms with Gasteiger partial charge in [0.15, 0.2) is 5.43 Å². The summed E-state index contributed by atoms with van der Waals surface area (Å²) in [7, 11) is 2.15. The highest BCUT2D eigenvalue weighted by molar-refractivity contribution is 5.80. The second kappa shape index (κ2) is 7.45. The van der Waals surface area contributed by atoms with Crippen LogP contribution in [0.5, 0.6) is 11.5 Å². The van der Waals surface area contributed by atoms with Crippen molar-refractivity contribution in [1.82, 2.24) is 4.90 Å². The van der Waals surface area contributed by atoms with Crippen LogP contribution in [-0.4, -0.2) is 36.8 Å². The monoisotopic (exact) mass is 365 g/mol. The van der Waals surface area contributed by atoms with Crippen LogP contribution in [0.4, 0.5) is 0 Å². The Bertz CT molecular complexity index is 1010. The van der Waals surface area contributed by atoms with E-state index >= 15 is 0 Å². The molecule has 1 atom stereocenters. The number of piperidine rings is 1. The molecule has 1 aromatic heterocycles. The summed E-state index contributed by atoms with van der Waals surface area (Å²) in [4.78, 5) is 14.7. The molecule has 4 rings (SSSR count). The van der Waals surface area contributed by atoms with E-state index < -0.39 is 0 Å². The van der Waals surface area contributed by atoms with E-state index in [1.165, 1.54) is 31.0 Å². The van der Waals surface area contributed by atoms with Crippen molar-refractivity contribution in [3.8, 4) is 22.8 Å². The van der Waals surface area contributed by atoms with E-state index in [4.69, 9.17) is 9.15 Å². The van der Waals surface area contributed by atoms with E-state index in [1.807, 2.05) is 24.3 Å². The Morgan fingerprint density at radius 3 is 2.96 bits per heavy atom. The molecule has 3 aromatic rings. The van der Waals surface area contributed by atoms with Crippen molar-refractivity contribution in [2.24, 2.45) is 5.92 Å². The van der Waals surface area contributed by atoms with Gasteiger partial charge in [-0.25, -0.2) is 0 Å². The first kappa shape index (κ1) is 17.6. The number of hydrogen-bond acceptors (Lipinski definition) is 5. The Morgan fingerprint density at radius 2 is 2.11 bits per heavy atom. The van der Waals surface area contributed by atoms with Crippen LogP contribution in [0.3, 0.4) is 0 Å². The molecule has 1 aliphatic rings. The summed E-state index contributed by atoms with van der Waals surface area (Å²) < 4.78 is 11.9. The van der Waals surface area contributed by atoms with E-state index in [0.29, 0.717) is 29.3 Å². The third-order valence-corrected chi connectivity index (χ3v) is 5.04. The van der Waals surface area contributed by atoms with Gasteiger partial charge in [-0.05, 0) is 50.7 Å². The molecule has 1 saturated heterocycles. The summed E-state index contributed by atoms with van der Waals surface area (Å²) in [6, 6.07) is 13.6. The van der Waals surface area contributed by atoms with Gasteiger partial charge in [0, 0.05) is 30.2 Å². The molecule has 140 valence electrons. The third kappa shape index (κ3) is 3.98. The molecule has 2 heterocycles. The number of phenols is 1. The summed E-state index contributed by atoms with van der Waals surface area (Å²) in [5, 5.41) is 10.1. The number of hydrogen-bond donors (Lipinski definition) is 1. The van der Waals surface area contributed by atoms with E-state index in [0.717, 1.165) is 24.4 Å². The molecule has 0 saturated carbocycles. The quantitative estimate of drug-likeness (QED) is 0.760. The van der Waals surface area contributed by atoms with Gasteiger partial charge in [-0.1, -0.05) is 12.1 Å². The van der Waals surface area contributed by atoms with Gasteiger partial charge in [-0.2, -0.15) is 0 Å². The smallest absolute Gasteiger partial charge is 0.193 e. The molecule has 1 N–H and O–H groups in total. The van der Waals surface area contributed by atoms with Gasteiger partial charge in [0.25, 0.3) is 0 Å². The highest BCUT2D eigenvalue weighted by atomic mass is 16.5. The molecule has 0 radical (unpaired) electrons. The maximum Gasteiger partial charge on any atom is 0.193 e. The van der Waals surface area contributed by atoms with Crippen LogP contribution < -0.4 is 10.2 Å². The molecule has 0 amide bonds. The highest BCUT2D eigenvalue weighted by Crippen LogP contribution is 2.27. The van der Waals surface area contributed by atoms with Gasteiger partial charge in [-0.3, -0.25) is 4.79 Å². The van der Waals surface area contributed by atoms with Crippen LogP contribution in [-0.2, 0) is 0 Å². The molecule has 1 unspecified atom stereocenters. The summed E-state index contributed by atoms with van der Waals surface area (Å²) in [5.74, 6) is 1.83. The predicted molar refractivity (Wildman–Crippen MR) is 105 cm³/mol. The fourth-order valence-electron chi connectivity index (χ4n) is 3.65. The van der Waals surface area contributed by atoms with Gasteiger partial charge in [0.05, 0.1) is 12.0 Å². The second-order valence-electron chi connectivity index (χ2n) is 7.26. The first-order valence-electron chi connectivity index (χ1n) is 9.27. The van der Waals surface area contributed by atoms with Crippen LogP contribution in [0, 0.1) is 5.92 Å². The van der Waals surface area contributed by atoms with Crippen LogP contribution in [0.2, 0.25) is 0 Å². The van der Waals surface area contributed by atoms with Crippen LogP contribution >= 0.6 is 0 Å². The molecule has 27 heavy (non-hydrogen) atoms. The van der Waals surface area contributed by atoms with E-state index in [-0.39, 0.29) is 11.2 Å². The second-order valence-corrected chi connectivity index (χ2v) is 7.26. The maximum absolute atomic E-state index is 12.4. The van der Waals surface area contributed by atoms with Crippen molar-refractivity contribution >= 4 is 11.0 Å². The molecule has 0 bridgehead atoms. The lowest BCUT2D eigenvalue weighted by molar-refractivity contribution is 0.150. The lowest BCUT2D eigenvalue weighted by Crippen LogP contribution is -2.34. The average molecular weight is 365 g/mol. The van der Waals surface area contributed by atoms with Gasteiger partial charge >= 0.3 is 0 Å². The lowest BCUT2D eigenvalue weighted by Gasteiger charge is -2.29. The molecule has 2 aromatic carbocycles. The third-order valence-electron chi connectivity index (χ3n) is 5.04. The van der Waals surface area contributed by atoms with E-state index in [2.05, 4.69) is 11.9 Å². The molecule has 1 fully saturated rings. The van der Waals surface area contributed by atoms with Crippen molar-refractivity contribution in [1.29, 1.82) is 0 Å². The minimum Gasteiger partial charge on any atom is -0.508 e. The first-order valence-corrected chi connectivity index (χ1v) is 9.27. The average Bonchev–Trinajstić information content (AvgIpc) is 2.66. The number of ether oxygens (including phenoxy) is 1. The SMILES string of the molecule is CN1CCCC(COc2cccc(-c3cc(=O)c4ccc(O)cc4o3)c2)C1. The van der Waals surface area contributed by atoms with Gasteiger partial charge < -0.3 is 19.2 Å². The normalized spacial score (nSPS) is 17.9. The number of likely N-dealkylation sites (tertiary alicyclic amines) is 1. The highest BCUT2D eigenvalue weighted by Gasteiger charge is 2.18. The van der Waals surface area contributed by atoms with Gasteiger partial charge in [0.1, 0.15) is 22.8 Å². The van der Waals surface area contributed by atoms with Gasteiger partial charge in [-0.15, -0.1) is 0 Å². The number of aromatic hydroxyl groups is 1. The Kier molecular flexibility index (Phi) is 4.86. The number of nitrogens with zero attached hydrogens (tertiary/aromatic N) is 1. The zero-order valence-corrected chi connectivity index (χ0v) is 15.4. The zero-order valence-electron chi connectivity index (χ0n) is 15.4. The fourth-order valence-corrected chi connectivity index (χ4v) is 3.65. The van der Waals surface area contributed by atoms with Crippen LogP contribution in [0.1, 0.15) is 12.8 Å². The number of fused-ring (bicyclic) bond motifs is 1. The first-order chi connectivity index (χ1) is 13.1. The van der Waals surface area contributed by atoms with Crippen molar-refractivity contribution < 1.29 is 14.3 Å². The standard InChI is InChI=1S/C22H23NO4/c1-23-9-3-4-15(13-23)14-26-18-6-2-5-16(10-18)21-12-20(25)19-8-7-17(24)11-22(19)27-21/h2,5-8,10-12,15,24H,3-4,9,13-14H2,1H3. The molecule has 5 heteroatoms. The van der Waals surface area contributed by atoms with Crippen LogP contribution in [0.15, 0.2) is 57.7 Å². The summed E-state index contributed by atoms with van der Waals surface area (Å²) in [6.45, 7) is 2.90. The van der Waals surface area contributed by atoms with Crippen molar-refractivity contribution in [2.75, 3.05) is 26.7 Å². The molecule has 0 aliphatic carbocycles. The Labute approximate surface area is 157 Å².